The minimum atomic E-state index is -0.832. The molecule has 0 rings (SSSR count). The normalized spacial score (nSPS) is 10.7. The molecule has 5 N–H and O–H groups in total. The van der Waals surface area contributed by atoms with Crippen molar-refractivity contribution in [3.63, 3.8) is 0 Å². The Morgan fingerprint density at radius 3 is 1.37 bits per heavy atom. The van der Waals surface area contributed by atoms with Crippen LogP contribution in [0.25, 0.3) is 0 Å². The number of aliphatic carboxylic acids is 1. The number of thioether (sulfide) groups is 2. The van der Waals surface area contributed by atoms with E-state index in [-0.39, 0.29) is 60.4 Å². The van der Waals surface area contributed by atoms with E-state index in [4.69, 9.17) is 50.1 Å². The molecule has 35 heavy (non-hydrogen) atoms. The van der Waals surface area contributed by atoms with Gasteiger partial charge < -0.3 is 20.4 Å². The molecular weight excluding hydrogens is 529 g/mol. The number of hydrogen-bond donors (Lipinski definition) is 5. The Morgan fingerprint density at radius 2 is 1.14 bits per heavy atom. The van der Waals surface area contributed by atoms with Crippen LogP contribution in [0, 0.1) is 0 Å². The maximum absolute atomic E-state index is 10.5. The van der Waals surface area contributed by atoms with Gasteiger partial charge in [0.1, 0.15) is 10.9 Å². The average molecular weight is 585 g/mol. The van der Waals surface area contributed by atoms with Crippen molar-refractivity contribution in [3.05, 3.63) is 0 Å². The highest BCUT2D eigenvalue weighted by Gasteiger charge is 2.31. The van der Waals surface area contributed by atoms with Crippen molar-refractivity contribution >= 4 is 62.3 Å². The van der Waals surface area contributed by atoms with Crippen molar-refractivity contribution in [1.29, 1.82) is 0 Å². The van der Waals surface area contributed by atoms with Gasteiger partial charge in [-0.05, 0) is 73.6 Å². The molecule has 0 saturated carbocycles. The smallest absolute Gasteiger partial charge is 0.319 e. The molecule has 1 atom stereocenters. The maximum atomic E-state index is 10.5. The van der Waals surface area contributed by atoms with Gasteiger partial charge in [-0.15, -0.1) is 23.5 Å². The molecule has 7 nitrogen and oxygen atoms in total. The lowest BCUT2D eigenvalue weighted by Crippen LogP contribution is -2.35. The zero-order valence-electron chi connectivity index (χ0n) is 19.4. The van der Waals surface area contributed by atoms with Gasteiger partial charge in [-0.25, -0.2) is 4.89 Å². The van der Waals surface area contributed by atoms with Crippen LogP contribution in [0.5, 0.6) is 0 Å². The summed E-state index contributed by atoms with van der Waals surface area (Å²) in [5.41, 5.74) is 0. The summed E-state index contributed by atoms with van der Waals surface area (Å²) >= 11 is 12.5. The molecule has 218 valence electrons. The Balaban J connectivity index is -0.0000000690. The monoisotopic (exact) mass is 584 g/mol. The first-order chi connectivity index (χ1) is 14.2. The van der Waals surface area contributed by atoms with Crippen molar-refractivity contribution in [2.24, 2.45) is 0 Å². The second kappa shape index (κ2) is 30.4. The molecule has 0 fully saturated rings. The number of unbranched alkanes of at least 4 members (excludes halogenated alkanes) is 2. The van der Waals surface area contributed by atoms with Crippen LogP contribution in [0.4, 0.5) is 0 Å². The number of hydrogen-bond acceptors (Lipinski definition) is 10. The largest absolute Gasteiger partial charge is 0.480 e. The van der Waals surface area contributed by atoms with E-state index in [1.54, 1.807) is 20.8 Å². The Morgan fingerprint density at radius 1 is 0.800 bits per heavy atom. The summed E-state index contributed by atoms with van der Waals surface area (Å²) in [4.78, 5) is 15.0. The first-order valence-corrected chi connectivity index (χ1v) is 12.4. The van der Waals surface area contributed by atoms with Crippen LogP contribution in [0.2, 0.25) is 0 Å². The van der Waals surface area contributed by atoms with Crippen LogP contribution >= 0.6 is 48.0 Å². The zero-order chi connectivity index (χ0) is 25.1. The predicted molar refractivity (Wildman–Crippen MR) is 166 cm³/mol. The highest BCUT2D eigenvalue weighted by atomic mass is 32.2. The Labute approximate surface area is 235 Å². The molecule has 0 aromatic carbocycles. The van der Waals surface area contributed by atoms with Crippen molar-refractivity contribution in [3.8, 4) is 0 Å². The molecule has 0 aromatic rings. The fourth-order valence-corrected chi connectivity index (χ4v) is 5.14. The minimum Gasteiger partial charge on any atom is -0.480 e. The second-order valence-electron chi connectivity index (χ2n) is 7.57. The van der Waals surface area contributed by atoms with Crippen LogP contribution in [0.1, 0.15) is 103 Å². The third kappa shape index (κ3) is 34.1. The van der Waals surface area contributed by atoms with Crippen LogP contribution < -0.4 is 0 Å². The summed E-state index contributed by atoms with van der Waals surface area (Å²) in [5.74, 6) is -0.832. The minimum absolute atomic E-state index is 0. The van der Waals surface area contributed by atoms with Gasteiger partial charge in [-0.3, -0.25) is 10.1 Å². The van der Waals surface area contributed by atoms with Crippen LogP contribution in [0.3, 0.4) is 0 Å². The van der Waals surface area contributed by atoms with Crippen LogP contribution in [0.15, 0.2) is 0 Å². The Kier molecular flexibility index (Phi) is 44.9. The van der Waals surface area contributed by atoms with E-state index in [1.165, 1.54) is 23.5 Å². The van der Waals surface area contributed by atoms with E-state index in [2.05, 4.69) is 4.89 Å². The summed E-state index contributed by atoms with van der Waals surface area (Å²) < 4.78 is 0.471. The Bertz CT molecular complexity index is 498. The standard InChI is InChI=1S/C10H20O3S2.C6H10O2S2.C4H10O2.4CH4/c1-8(14)15-10(2,3)9(13-12)6-4-5-7-11;1-4(9)10-6(2,3)5(7)8;5-3-1-2-4-6;;;;/h9,11-12H,4-7H2,1-3H3;1-3H3,(H,7,8);5-6H,1-4H2;4*1H4. The van der Waals surface area contributed by atoms with Crippen molar-refractivity contribution in [2.45, 2.75) is 119 Å². The summed E-state index contributed by atoms with van der Waals surface area (Å²) in [7, 11) is 0. The summed E-state index contributed by atoms with van der Waals surface area (Å²) in [6, 6.07) is 0. The highest BCUT2D eigenvalue weighted by Crippen LogP contribution is 2.33. The van der Waals surface area contributed by atoms with Crippen LogP contribution in [-0.2, 0) is 9.68 Å². The molecule has 1 unspecified atom stereocenters. The first-order valence-electron chi connectivity index (χ1n) is 9.97. The molecule has 0 aliphatic carbocycles. The van der Waals surface area contributed by atoms with Crippen LogP contribution in [-0.4, -0.2) is 75.5 Å². The lowest BCUT2D eigenvalue weighted by molar-refractivity contribution is -0.285. The summed E-state index contributed by atoms with van der Waals surface area (Å²) in [6.07, 6.45) is 3.47. The summed E-state index contributed by atoms with van der Waals surface area (Å²) in [5, 5.41) is 42.3. The highest BCUT2D eigenvalue weighted by molar-refractivity contribution is 8.24. The number of thiocarbonyl (C=S) groups is 2. The molecule has 0 aromatic heterocycles. The van der Waals surface area contributed by atoms with E-state index in [1.807, 2.05) is 20.8 Å². The van der Waals surface area contributed by atoms with Gasteiger partial charge in [0.25, 0.3) is 0 Å². The summed E-state index contributed by atoms with van der Waals surface area (Å²) in [6.45, 7) is 11.4. The van der Waals surface area contributed by atoms with Gasteiger partial charge in [-0.1, -0.05) is 54.1 Å². The molecule has 11 heteroatoms. The lowest BCUT2D eigenvalue weighted by atomic mass is 10.0. The molecule has 0 saturated heterocycles. The zero-order valence-corrected chi connectivity index (χ0v) is 22.7. The van der Waals surface area contributed by atoms with E-state index in [9.17, 15) is 4.79 Å². The number of aliphatic hydroxyl groups is 3. The maximum Gasteiger partial charge on any atom is 0.319 e. The molecule has 0 bridgehead atoms. The fourth-order valence-electron chi connectivity index (χ4n) is 2.03. The number of rotatable bonds is 12. The lowest BCUT2D eigenvalue weighted by Gasteiger charge is -2.30. The third-order valence-electron chi connectivity index (χ3n) is 3.66. The second-order valence-corrected chi connectivity index (χ2v) is 13.0. The van der Waals surface area contributed by atoms with E-state index >= 15 is 0 Å². The molecular formula is C24H56O7S4. The Hall–Kier alpha value is 0.150. The number of carboxylic acid groups (broad SMARTS) is 1. The van der Waals surface area contributed by atoms with Gasteiger partial charge in [0.2, 0.25) is 0 Å². The number of carbonyl (C=O) groups is 1. The fraction of sp³-hybridized carbons (Fsp3) is 0.875. The number of aliphatic hydroxyl groups excluding tert-OH is 3. The third-order valence-corrected chi connectivity index (χ3v) is 6.21. The van der Waals surface area contributed by atoms with Crippen molar-refractivity contribution in [2.75, 3.05) is 19.8 Å². The first kappa shape index (κ1) is 51.7. The van der Waals surface area contributed by atoms with E-state index in [0.717, 1.165) is 36.3 Å². The molecule has 0 spiro atoms. The van der Waals surface area contributed by atoms with Crippen molar-refractivity contribution < 1.29 is 35.4 Å². The van der Waals surface area contributed by atoms with E-state index < -0.39 is 10.7 Å². The molecule has 0 radical (unpaired) electrons. The van der Waals surface area contributed by atoms with Gasteiger partial charge in [0.15, 0.2) is 0 Å². The van der Waals surface area contributed by atoms with Crippen molar-refractivity contribution in [1.82, 2.24) is 0 Å². The molecule has 0 aliphatic rings. The SMILES string of the molecule is C.C.C.C.CC(=S)SC(C)(C)C(=O)O.CC(=S)SC(C)(C)C(CCCCO)OO.OCCCCO. The average Bonchev–Trinajstić information content (AvgIpc) is 2.62. The molecule has 0 aliphatic heterocycles. The quantitative estimate of drug-likeness (QED) is 0.0698. The molecule has 0 heterocycles. The number of carboxylic acids is 1. The van der Waals surface area contributed by atoms with Gasteiger partial charge >= 0.3 is 5.97 Å². The van der Waals surface area contributed by atoms with Gasteiger partial charge in [-0.2, -0.15) is 0 Å². The van der Waals surface area contributed by atoms with Gasteiger partial charge in [0, 0.05) is 33.0 Å². The van der Waals surface area contributed by atoms with E-state index in [0.29, 0.717) is 4.20 Å². The molecule has 0 amide bonds. The van der Waals surface area contributed by atoms with Gasteiger partial charge in [0.05, 0.1) is 0 Å². The predicted octanol–water partition coefficient (Wildman–Crippen LogP) is 7.09. The topological polar surface area (TPSA) is 127 Å².